The van der Waals surface area contributed by atoms with E-state index < -0.39 is 5.97 Å². The second-order valence-electron chi connectivity index (χ2n) is 9.23. The lowest BCUT2D eigenvalue weighted by atomic mass is 9.49. The summed E-state index contributed by atoms with van der Waals surface area (Å²) in [6, 6.07) is 6.65. The SMILES string of the molecule is O=C(OCCN(CC12CC3CC(CC(C3)C1)C2)C(=O)c1ccco1)c1ccco1. The van der Waals surface area contributed by atoms with Gasteiger partial charge in [-0.25, -0.2) is 4.79 Å². The molecule has 2 aromatic rings. The van der Waals surface area contributed by atoms with Crippen LogP contribution in [0.4, 0.5) is 0 Å². The predicted octanol–water partition coefficient (Wildman–Crippen LogP) is 4.39. The summed E-state index contributed by atoms with van der Waals surface area (Å²) in [5.74, 6) is 2.34. The lowest BCUT2D eigenvalue weighted by molar-refractivity contribution is -0.0667. The molecule has 4 saturated carbocycles. The first kappa shape index (κ1) is 18.5. The maximum atomic E-state index is 13.1. The smallest absolute Gasteiger partial charge is 0.374 e. The van der Waals surface area contributed by atoms with E-state index in [1.165, 1.54) is 51.1 Å². The summed E-state index contributed by atoms with van der Waals surface area (Å²) >= 11 is 0. The minimum atomic E-state index is -0.504. The molecule has 2 heterocycles. The quantitative estimate of drug-likeness (QED) is 0.648. The Hall–Kier alpha value is -2.50. The molecule has 2 aromatic heterocycles. The summed E-state index contributed by atoms with van der Waals surface area (Å²) in [6.07, 6.45) is 10.7. The number of ether oxygens (including phenoxy) is 1. The first-order chi connectivity index (χ1) is 14.1. The first-order valence-electron chi connectivity index (χ1n) is 10.6. The van der Waals surface area contributed by atoms with Crippen molar-refractivity contribution in [1.29, 1.82) is 0 Å². The van der Waals surface area contributed by atoms with E-state index in [9.17, 15) is 9.59 Å². The Balaban J connectivity index is 1.28. The van der Waals surface area contributed by atoms with Crippen LogP contribution in [0, 0.1) is 23.2 Å². The Morgan fingerprint density at radius 1 is 0.966 bits per heavy atom. The molecule has 4 bridgehead atoms. The molecule has 0 spiro atoms. The average molecular weight is 397 g/mol. The molecule has 4 fully saturated rings. The number of carbonyl (C=O) groups is 2. The fraction of sp³-hybridized carbons (Fsp3) is 0.565. The predicted molar refractivity (Wildman–Crippen MR) is 104 cm³/mol. The molecule has 0 aliphatic heterocycles. The van der Waals surface area contributed by atoms with E-state index in [0.717, 1.165) is 17.8 Å². The van der Waals surface area contributed by atoms with E-state index >= 15 is 0 Å². The van der Waals surface area contributed by atoms with Crippen LogP contribution in [0.25, 0.3) is 0 Å². The maximum absolute atomic E-state index is 13.1. The Kier molecular flexibility index (Phi) is 4.72. The number of esters is 1. The molecule has 29 heavy (non-hydrogen) atoms. The minimum Gasteiger partial charge on any atom is -0.459 e. The van der Waals surface area contributed by atoms with E-state index in [2.05, 4.69) is 0 Å². The lowest BCUT2D eigenvalue weighted by Crippen LogP contribution is -2.52. The van der Waals surface area contributed by atoms with Crippen LogP contribution in [0.2, 0.25) is 0 Å². The molecule has 4 aliphatic carbocycles. The van der Waals surface area contributed by atoms with Crippen LogP contribution in [0.15, 0.2) is 45.6 Å². The van der Waals surface area contributed by atoms with Crippen molar-refractivity contribution < 1.29 is 23.2 Å². The van der Waals surface area contributed by atoms with E-state index in [1.807, 2.05) is 4.90 Å². The van der Waals surface area contributed by atoms with Crippen molar-refractivity contribution in [3.05, 3.63) is 48.3 Å². The number of hydrogen-bond acceptors (Lipinski definition) is 5. The molecule has 0 saturated heterocycles. The molecule has 154 valence electrons. The standard InChI is InChI=1S/C23H27NO5/c25-21(19-3-1-6-27-19)24(5-8-29-22(26)20-4-2-7-28-20)15-23-12-16-9-17(13-23)11-18(10-16)14-23/h1-4,6-7,16-18H,5,8-15H2. The van der Waals surface area contributed by atoms with Crippen LogP contribution in [-0.2, 0) is 4.74 Å². The summed E-state index contributed by atoms with van der Waals surface area (Å²) in [7, 11) is 0. The van der Waals surface area contributed by atoms with Gasteiger partial charge in [0.05, 0.1) is 19.1 Å². The normalized spacial score (nSPS) is 29.7. The highest BCUT2D eigenvalue weighted by molar-refractivity contribution is 5.91. The zero-order valence-electron chi connectivity index (χ0n) is 16.5. The fourth-order valence-corrected chi connectivity index (χ4v) is 6.41. The number of furan rings is 2. The second-order valence-corrected chi connectivity index (χ2v) is 9.23. The number of rotatable bonds is 7. The summed E-state index contributed by atoms with van der Waals surface area (Å²) < 4.78 is 15.8. The summed E-state index contributed by atoms with van der Waals surface area (Å²) in [5, 5.41) is 0. The topological polar surface area (TPSA) is 72.9 Å². The average Bonchev–Trinajstić information content (AvgIpc) is 3.39. The van der Waals surface area contributed by atoms with Crippen molar-refractivity contribution in [3.63, 3.8) is 0 Å². The summed E-state index contributed by atoms with van der Waals surface area (Å²) in [4.78, 5) is 27.0. The monoisotopic (exact) mass is 397 g/mol. The van der Waals surface area contributed by atoms with Crippen molar-refractivity contribution in [2.24, 2.45) is 23.2 Å². The number of nitrogens with zero attached hydrogens (tertiary/aromatic N) is 1. The molecule has 0 radical (unpaired) electrons. The highest BCUT2D eigenvalue weighted by Crippen LogP contribution is 2.60. The van der Waals surface area contributed by atoms with E-state index in [4.69, 9.17) is 13.6 Å². The van der Waals surface area contributed by atoms with Gasteiger partial charge >= 0.3 is 5.97 Å². The van der Waals surface area contributed by atoms with E-state index in [-0.39, 0.29) is 23.7 Å². The Morgan fingerprint density at radius 2 is 1.55 bits per heavy atom. The maximum Gasteiger partial charge on any atom is 0.374 e. The highest BCUT2D eigenvalue weighted by Gasteiger charge is 2.51. The van der Waals surface area contributed by atoms with Crippen LogP contribution in [0.5, 0.6) is 0 Å². The molecular weight excluding hydrogens is 370 g/mol. The Labute approximate surface area is 170 Å². The van der Waals surface area contributed by atoms with Gasteiger partial charge in [-0.3, -0.25) is 4.79 Å². The third kappa shape index (κ3) is 3.72. The Morgan fingerprint density at radius 3 is 2.10 bits per heavy atom. The van der Waals surface area contributed by atoms with Gasteiger partial charge in [0.1, 0.15) is 6.61 Å². The summed E-state index contributed by atoms with van der Waals surface area (Å²) in [6.45, 7) is 1.21. The van der Waals surface area contributed by atoms with Gasteiger partial charge in [-0.15, -0.1) is 0 Å². The Bertz CT molecular complexity index is 819. The number of hydrogen-bond donors (Lipinski definition) is 0. The molecule has 6 heteroatoms. The van der Waals surface area contributed by atoms with Crippen LogP contribution in [0.3, 0.4) is 0 Å². The third-order valence-corrected chi connectivity index (χ3v) is 7.03. The van der Waals surface area contributed by atoms with Gasteiger partial charge < -0.3 is 18.5 Å². The van der Waals surface area contributed by atoms with Crippen molar-refractivity contribution in [3.8, 4) is 0 Å². The van der Waals surface area contributed by atoms with Crippen molar-refractivity contribution in [2.75, 3.05) is 19.7 Å². The van der Waals surface area contributed by atoms with Crippen LogP contribution >= 0.6 is 0 Å². The van der Waals surface area contributed by atoms with Crippen LogP contribution < -0.4 is 0 Å². The third-order valence-electron chi connectivity index (χ3n) is 7.03. The largest absolute Gasteiger partial charge is 0.459 e. The molecule has 1 amide bonds. The van der Waals surface area contributed by atoms with Gasteiger partial charge in [-0.05, 0) is 86.0 Å². The fourth-order valence-electron chi connectivity index (χ4n) is 6.41. The van der Waals surface area contributed by atoms with Gasteiger partial charge in [0, 0.05) is 6.54 Å². The number of carbonyl (C=O) groups excluding carboxylic acids is 2. The minimum absolute atomic E-state index is 0.125. The summed E-state index contributed by atoms with van der Waals surface area (Å²) in [5.41, 5.74) is 0.210. The highest BCUT2D eigenvalue weighted by atomic mass is 16.5. The molecule has 4 aliphatic rings. The zero-order chi connectivity index (χ0) is 19.8. The van der Waals surface area contributed by atoms with Crippen molar-refractivity contribution in [2.45, 2.75) is 38.5 Å². The van der Waals surface area contributed by atoms with Gasteiger partial charge in [0.15, 0.2) is 5.76 Å². The second kappa shape index (κ2) is 7.39. The lowest BCUT2D eigenvalue weighted by Gasteiger charge is -2.57. The zero-order valence-corrected chi connectivity index (χ0v) is 16.5. The van der Waals surface area contributed by atoms with Crippen molar-refractivity contribution in [1.82, 2.24) is 4.90 Å². The van der Waals surface area contributed by atoms with Gasteiger partial charge in [-0.2, -0.15) is 0 Å². The first-order valence-corrected chi connectivity index (χ1v) is 10.6. The molecule has 6 nitrogen and oxygen atoms in total. The number of amides is 1. The van der Waals surface area contributed by atoms with E-state index in [1.54, 1.807) is 24.3 Å². The van der Waals surface area contributed by atoms with Crippen LogP contribution in [-0.4, -0.2) is 36.5 Å². The van der Waals surface area contributed by atoms with Crippen LogP contribution in [0.1, 0.15) is 59.6 Å². The van der Waals surface area contributed by atoms with E-state index in [0.29, 0.717) is 18.8 Å². The molecular formula is C23H27NO5. The van der Waals surface area contributed by atoms with Crippen molar-refractivity contribution >= 4 is 11.9 Å². The molecule has 6 rings (SSSR count). The molecule has 0 aromatic carbocycles. The molecule has 0 atom stereocenters. The van der Waals surface area contributed by atoms with Gasteiger partial charge in [0.25, 0.3) is 5.91 Å². The van der Waals surface area contributed by atoms with Gasteiger partial charge in [-0.1, -0.05) is 0 Å². The van der Waals surface area contributed by atoms with Gasteiger partial charge in [0.2, 0.25) is 5.76 Å². The molecule has 0 unspecified atom stereocenters. The molecule has 0 N–H and O–H groups in total.